The van der Waals surface area contributed by atoms with E-state index < -0.39 is 17.7 Å². The van der Waals surface area contributed by atoms with Crippen LogP contribution in [-0.2, 0) is 17.8 Å². The van der Waals surface area contributed by atoms with Gasteiger partial charge in [0.25, 0.3) is 23.6 Å². The number of fused-ring (bicyclic) bond motifs is 3. The van der Waals surface area contributed by atoms with Gasteiger partial charge in [-0.1, -0.05) is 41.9 Å². The molecule has 0 saturated carbocycles. The maximum atomic E-state index is 14.0. The lowest BCUT2D eigenvalue weighted by molar-refractivity contribution is -0.118. The topological polar surface area (TPSA) is 173 Å². The van der Waals surface area contributed by atoms with Gasteiger partial charge in [-0.25, -0.2) is 9.50 Å². The Morgan fingerprint density at radius 3 is 2.64 bits per heavy atom. The standard InChI is InChI=1S/C36H30ClN7O6/c1-18-21(19(2)45)8-9-23-22(18)10-11-26(23)42-36(49)30-14-29(35(48)38-15-20-7-12-31-28(13-20)40-32(46)17-50-31)41-33-24(16-39-44(30)33)34(47)43-27-6-4-3-5-25(27)37/h3-9,12-14,16,26H,10-11,15,17H2,1-2H3,(H,38,48)(H,40,46)(H,42,49)(H,43,47)/t26-/m0/s1. The van der Waals surface area contributed by atoms with Crippen LogP contribution in [0.4, 0.5) is 11.4 Å². The summed E-state index contributed by atoms with van der Waals surface area (Å²) in [6.07, 6.45) is 2.56. The normalized spacial score (nSPS) is 14.6. The number of para-hydroxylation sites is 1. The molecule has 0 unspecified atom stereocenters. The van der Waals surface area contributed by atoms with Crippen molar-refractivity contribution < 1.29 is 28.7 Å². The van der Waals surface area contributed by atoms with Crippen molar-refractivity contribution in [2.45, 2.75) is 39.3 Å². The Balaban J connectivity index is 1.20. The van der Waals surface area contributed by atoms with Gasteiger partial charge in [-0.15, -0.1) is 0 Å². The van der Waals surface area contributed by atoms with Crippen LogP contribution in [0.15, 0.2) is 66.9 Å². The summed E-state index contributed by atoms with van der Waals surface area (Å²) >= 11 is 6.26. The number of nitrogens with zero attached hydrogens (tertiary/aromatic N) is 3. The van der Waals surface area contributed by atoms with Crippen molar-refractivity contribution in [2.24, 2.45) is 0 Å². The highest BCUT2D eigenvalue weighted by molar-refractivity contribution is 6.34. The summed E-state index contributed by atoms with van der Waals surface area (Å²) in [5.74, 6) is -1.53. The first kappa shape index (κ1) is 32.5. The lowest BCUT2D eigenvalue weighted by Gasteiger charge is -2.18. The number of rotatable bonds is 8. The Kier molecular flexibility index (Phi) is 8.50. The van der Waals surface area contributed by atoms with Crippen LogP contribution >= 0.6 is 11.6 Å². The molecule has 0 spiro atoms. The van der Waals surface area contributed by atoms with Crippen LogP contribution in [0.25, 0.3) is 5.65 Å². The number of Topliss-reactive ketones (excluding diaryl/α,β-unsaturated/α-hetero) is 1. The lowest BCUT2D eigenvalue weighted by Crippen LogP contribution is -2.31. The number of amides is 4. The molecule has 5 aromatic rings. The van der Waals surface area contributed by atoms with E-state index in [1.54, 1.807) is 48.5 Å². The summed E-state index contributed by atoms with van der Waals surface area (Å²) in [7, 11) is 0. The van der Waals surface area contributed by atoms with E-state index >= 15 is 0 Å². The zero-order valence-electron chi connectivity index (χ0n) is 26.9. The largest absolute Gasteiger partial charge is 0.482 e. The fourth-order valence-electron chi connectivity index (χ4n) is 6.31. The number of carbonyl (C=O) groups excluding carboxylic acids is 5. The number of anilines is 2. The Bertz CT molecular complexity index is 2270. The summed E-state index contributed by atoms with van der Waals surface area (Å²) in [6.45, 7) is 3.42. The van der Waals surface area contributed by atoms with Gasteiger partial charge in [-0.3, -0.25) is 24.0 Å². The molecule has 2 aromatic heterocycles. The molecule has 1 atom stereocenters. The van der Waals surface area contributed by atoms with E-state index in [0.717, 1.165) is 16.7 Å². The van der Waals surface area contributed by atoms with Crippen LogP contribution in [-0.4, -0.2) is 50.6 Å². The van der Waals surface area contributed by atoms with Crippen LogP contribution in [0.2, 0.25) is 5.02 Å². The SMILES string of the molecule is CC(=O)c1ccc2c(c1C)CC[C@@H]2NC(=O)c1cc(C(=O)NCc2ccc3c(c2)NC(=O)CO3)nc2c(C(=O)Nc3ccccc3Cl)cnn12. The molecular weight excluding hydrogens is 662 g/mol. The number of ether oxygens (including phenoxy) is 1. The van der Waals surface area contributed by atoms with Gasteiger partial charge in [0.1, 0.15) is 22.7 Å². The number of nitrogens with one attached hydrogen (secondary N) is 4. The van der Waals surface area contributed by atoms with E-state index in [-0.39, 0.29) is 53.5 Å². The van der Waals surface area contributed by atoms with Crippen molar-refractivity contribution in [1.82, 2.24) is 25.2 Å². The van der Waals surface area contributed by atoms with E-state index in [2.05, 4.69) is 31.3 Å². The summed E-state index contributed by atoms with van der Waals surface area (Å²) in [5, 5.41) is 16.0. The number of carbonyl (C=O) groups is 5. The van der Waals surface area contributed by atoms with E-state index in [9.17, 15) is 24.0 Å². The summed E-state index contributed by atoms with van der Waals surface area (Å²) in [5.41, 5.74) is 4.85. The van der Waals surface area contributed by atoms with E-state index in [1.807, 2.05) is 13.0 Å². The first-order valence-corrected chi connectivity index (χ1v) is 16.2. The van der Waals surface area contributed by atoms with Gasteiger partial charge >= 0.3 is 0 Å². The fourth-order valence-corrected chi connectivity index (χ4v) is 6.49. The van der Waals surface area contributed by atoms with Gasteiger partial charge < -0.3 is 26.0 Å². The Labute approximate surface area is 290 Å². The third-order valence-electron chi connectivity index (χ3n) is 8.81. The highest BCUT2D eigenvalue weighted by Crippen LogP contribution is 2.35. The average Bonchev–Trinajstić information content (AvgIpc) is 3.72. The number of benzene rings is 3. The van der Waals surface area contributed by atoms with E-state index in [4.69, 9.17) is 16.3 Å². The smallest absolute Gasteiger partial charge is 0.270 e. The molecule has 13 nitrogen and oxygen atoms in total. The average molecular weight is 692 g/mol. The third kappa shape index (κ3) is 6.14. The van der Waals surface area contributed by atoms with Crippen molar-refractivity contribution in [3.05, 3.63) is 117 Å². The van der Waals surface area contributed by atoms with Crippen molar-refractivity contribution in [2.75, 3.05) is 17.2 Å². The first-order chi connectivity index (χ1) is 24.1. The minimum Gasteiger partial charge on any atom is -0.482 e. The zero-order valence-corrected chi connectivity index (χ0v) is 27.7. The van der Waals surface area contributed by atoms with Crippen LogP contribution in [0.1, 0.15) is 83.3 Å². The van der Waals surface area contributed by atoms with Crippen molar-refractivity contribution >= 4 is 58.0 Å². The second-order valence-corrected chi connectivity index (χ2v) is 12.4. The zero-order chi connectivity index (χ0) is 35.1. The molecule has 2 aliphatic rings. The molecule has 3 heterocycles. The molecule has 3 aromatic carbocycles. The molecule has 7 rings (SSSR count). The predicted octanol–water partition coefficient (Wildman–Crippen LogP) is 4.82. The summed E-state index contributed by atoms with van der Waals surface area (Å²) in [6, 6.07) is 16.4. The molecule has 4 amide bonds. The molecule has 0 saturated heterocycles. The molecule has 14 heteroatoms. The Hall–Kier alpha value is -6.08. The van der Waals surface area contributed by atoms with Crippen LogP contribution in [0.5, 0.6) is 5.75 Å². The Morgan fingerprint density at radius 2 is 1.84 bits per heavy atom. The maximum Gasteiger partial charge on any atom is 0.270 e. The van der Waals surface area contributed by atoms with Crippen LogP contribution in [0.3, 0.4) is 0 Å². The molecule has 50 heavy (non-hydrogen) atoms. The highest BCUT2D eigenvalue weighted by Gasteiger charge is 2.29. The van der Waals surface area contributed by atoms with Gasteiger partial charge in [0.15, 0.2) is 18.0 Å². The van der Waals surface area contributed by atoms with Gasteiger partial charge in [-0.05, 0) is 73.2 Å². The summed E-state index contributed by atoms with van der Waals surface area (Å²) < 4.78 is 6.63. The molecule has 252 valence electrons. The number of aromatic nitrogens is 3. The second kappa shape index (κ2) is 13.1. The minimum atomic E-state index is -0.614. The van der Waals surface area contributed by atoms with Gasteiger partial charge in [0, 0.05) is 18.2 Å². The van der Waals surface area contributed by atoms with Crippen LogP contribution in [0, 0.1) is 6.92 Å². The lowest BCUT2D eigenvalue weighted by atomic mass is 9.96. The van der Waals surface area contributed by atoms with Crippen molar-refractivity contribution in [3.8, 4) is 5.75 Å². The molecule has 0 radical (unpaired) electrons. The highest BCUT2D eigenvalue weighted by atomic mass is 35.5. The second-order valence-electron chi connectivity index (χ2n) is 12.0. The molecule has 1 aliphatic carbocycles. The molecule has 4 N–H and O–H groups in total. The number of hydrogen-bond donors (Lipinski definition) is 4. The minimum absolute atomic E-state index is 0.0117. The van der Waals surface area contributed by atoms with Crippen LogP contribution < -0.4 is 26.0 Å². The van der Waals surface area contributed by atoms with E-state index in [1.165, 1.54) is 23.7 Å². The number of hydrogen-bond acceptors (Lipinski definition) is 8. The van der Waals surface area contributed by atoms with E-state index in [0.29, 0.717) is 46.1 Å². The monoisotopic (exact) mass is 691 g/mol. The maximum absolute atomic E-state index is 14.0. The first-order valence-electron chi connectivity index (χ1n) is 15.8. The molecule has 1 aliphatic heterocycles. The van der Waals surface area contributed by atoms with Crippen molar-refractivity contribution in [1.29, 1.82) is 0 Å². The third-order valence-corrected chi connectivity index (χ3v) is 9.14. The molecule has 0 fully saturated rings. The number of halogens is 1. The Morgan fingerprint density at radius 1 is 1.02 bits per heavy atom. The fraction of sp³-hybridized carbons (Fsp3) is 0.194. The van der Waals surface area contributed by atoms with Crippen molar-refractivity contribution in [3.63, 3.8) is 0 Å². The van der Waals surface area contributed by atoms with Gasteiger partial charge in [-0.2, -0.15) is 5.10 Å². The summed E-state index contributed by atoms with van der Waals surface area (Å²) in [4.78, 5) is 69.3. The predicted molar refractivity (Wildman–Crippen MR) is 184 cm³/mol. The number of ketones is 1. The molecule has 0 bridgehead atoms. The van der Waals surface area contributed by atoms with Gasteiger partial charge in [0.2, 0.25) is 0 Å². The quantitative estimate of drug-likeness (QED) is 0.168. The van der Waals surface area contributed by atoms with Gasteiger partial charge in [0.05, 0.1) is 28.6 Å². The molecular formula is C36H30ClN7O6.